The van der Waals surface area contributed by atoms with Crippen LogP contribution >= 0.6 is 0 Å². The predicted molar refractivity (Wildman–Crippen MR) is 45.7 cm³/mol. The number of nitrogens with zero attached hydrogens (tertiary/aromatic N) is 1. The predicted octanol–water partition coefficient (Wildman–Crippen LogP) is 0.334. The fraction of sp³-hybridized carbons (Fsp3) is 0. The summed E-state index contributed by atoms with van der Waals surface area (Å²) >= 11 is 0. The summed E-state index contributed by atoms with van der Waals surface area (Å²) in [7, 11) is 0. The van der Waals surface area contributed by atoms with Crippen LogP contribution in [0.15, 0.2) is 23.3 Å². The molecule has 5 nitrogen and oxygen atoms in total. The van der Waals surface area contributed by atoms with Crippen LogP contribution in [-0.4, -0.2) is 20.2 Å². The molecule has 0 fully saturated rings. The van der Waals surface area contributed by atoms with Gasteiger partial charge < -0.3 is 15.2 Å². The molecule has 2 aromatic rings. The Hall–Kier alpha value is -2.04. The van der Waals surface area contributed by atoms with E-state index < -0.39 is 5.56 Å². The minimum absolute atomic E-state index is 0.248. The highest BCUT2D eigenvalue weighted by atomic mass is 16.3. The summed E-state index contributed by atoms with van der Waals surface area (Å²) in [5.41, 5.74) is -0.000602. The summed E-state index contributed by atoms with van der Waals surface area (Å²) in [4.78, 5) is 17.3. The summed E-state index contributed by atoms with van der Waals surface area (Å²) in [6.07, 6.45) is 1.24. The molecule has 13 heavy (non-hydrogen) atoms. The number of phenolic OH excluding ortho intramolecular Hbond substituents is 2. The highest BCUT2D eigenvalue weighted by Gasteiger charge is 2.04. The van der Waals surface area contributed by atoms with E-state index in [-0.39, 0.29) is 16.9 Å². The average molecular weight is 178 g/mol. The van der Waals surface area contributed by atoms with E-state index >= 15 is 0 Å². The number of rotatable bonds is 0. The first-order valence-corrected chi connectivity index (χ1v) is 3.58. The molecule has 3 N–H and O–H groups in total. The molecule has 2 rings (SSSR count). The number of hydrogen-bond acceptors (Lipinski definition) is 4. The van der Waals surface area contributed by atoms with Gasteiger partial charge in [-0.25, -0.2) is 0 Å². The van der Waals surface area contributed by atoms with Crippen LogP contribution < -0.4 is 5.56 Å². The van der Waals surface area contributed by atoms with E-state index in [1.54, 1.807) is 0 Å². The number of fused-ring (bicyclic) bond motifs is 1. The molecule has 1 aromatic carbocycles. The van der Waals surface area contributed by atoms with Gasteiger partial charge in [0.2, 0.25) is 0 Å². The van der Waals surface area contributed by atoms with Crippen molar-refractivity contribution in [1.82, 2.24) is 9.97 Å². The second-order valence-corrected chi connectivity index (χ2v) is 2.59. The number of phenols is 2. The second kappa shape index (κ2) is 2.48. The van der Waals surface area contributed by atoms with Crippen molar-refractivity contribution in [3.8, 4) is 11.5 Å². The Morgan fingerprint density at radius 3 is 2.69 bits per heavy atom. The fourth-order valence-corrected chi connectivity index (χ4v) is 1.10. The fourth-order valence-electron chi connectivity index (χ4n) is 1.10. The topological polar surface area (TPSA) is 86.2 Å². The third kappa shape index (κ3) is 1.10. The Balaban J connectivity index is 2.97. The zero-order valence-corrected chi connectivity index (χ0v) is 6.48. The first kappa shape index (κ1) is 7.60. The van der Waals surface area contributed by atoms with Gasteiger partial charge in [-0.1, -0.05) is 0 Å². The highest BCUT2D eigenvalue weighted by Crippen LogP contribution is 2.26. The number of H-pyrrole nitrogens is 1. The van der Waals surface area contributed by atoms with E-state index in [1.165, 1.54) is 18.5 Å². The summed E-state index contributed by atoms with van der Waals surface area (Å²) in [5, 5.41) is 18.5. The molecule has 5 heteroatoms. The van der Waals surface area contributed by atoms with Gasteiger partial charge in [-0.2, -0.15) is 4.98 Å². The van der Waals surface area contributed by atoms with Gasteiger partial charge in [0.05, 0.1) is 17.2 Å². The van der Waals surface area contributed by atoms with Crippen LogP contribution in [0.4, 0.5) is 0 Å². The van der Waals surface area contributed by atoms with Crippen molar-refractivity contribution >= 4 is 10.9 Å². The Labute approximate surface area is 72.3 Å². The van der Waals surface area contributed by atoms with Gasteiger partial charge in [-0.05, 0) is 6.07 Å². The van der Waals surface area contributed by atoms with Crippen LogP contribution in [0.25, 0.3) is 10.9 Å². The van der Waals surface area contributed by atoms with Gasteiger partial charge in [0.25, 0.3) is 5.56 Å². The molecule has 0 aliphatic carbocycles. The Kier molecular flexibility index (Phi) is 1.45. The van der Waals surface area contributed by atoms with Crippen molar-refractivity contribution in [2.45, 2.75) is 0 Å². The smallest absolute Gasteiger partial charge is 0.280 e. The van der Waals surface area contributed by atoms with Gasteiger partial charge in [-0.3, -0.25) is 4.79 Å². The minimum atomic E-state index is -0.441. The van der Waals surface area contributed by atoms with E-state index in [0.29, 0.717) is 5.52 Å². The van der Waals surface area contributed by atoms with Crippen LogP contribution in [0.5, 0.6) is 11.5 Å². The molecule has 66 valence electrons. The lowest BCUT2D eigenvalue weighted by molar-refractivity contribution is 0.404. The molecule has 0 radical (unpaired) electrons. The number of benzene rings is 1. The van der Waals surface area contributed by atoms with Crippen LogP contribution in [-0.2, 0) is 0 Å². The molecule has 0 spiro atoms. The van der Waals surface area contributed by atoms with Crippen LogP contribution in [0.2, 0.25) is 0 Å². The van der Waals surface area contributed by atoms with E-state index in [1.807, 2.05) is 0 Å². The largest absolute Gasteiger partial charge is 0.504 e. The molecule has 0 bridgehead atoms. The average Bonchev–Trinajstić information content (AvgIpc) is 2.09. The van der Waals surface area contributed by atoms with E-state index in [4.69, 9.17) is 10.2 Å². The maximum Gasteiger partial charge on any atom is 0.280 e. The summed E-state index contributed by atoms with van der Waals surface area (Å²) in [6.45, 7) is 0. The first-order chi connectivity index (χ1) is 6.18. The van der Waals surface area contributed by atoms with E-state index in [2.05, 4.69) is 9.97 Å². The van der Waals surface area contributed by atoms with Gasteiger partial charge in [0.1, 0.15) is 0 Å². The maximum absolute atomic E-state index is 11.1. The lowest BCUT2D eigenvalue weighted by Crippen LogP contribution is -2.05. The van der Waals surface area contributed by atoms with Crippen molar-refractivity contribution in [2.24, 2.45) is 0 Å². The Bertz CT molecular complexity index is 518. The second-order valence-electron chi connectivity index (χ2n) is 2.59. The molecular weight excluding hydrogens is 172 g/mol. The zero-order valence-electron chi connectivity index (χ0n) is 6.48. The number of aromatic nitrogens is 2. The monoisotopic (exact) mass is 178 g/mol. The number of aromatic amines is 1. The van der Waals surface area contributed by atoms with Crippen LogP contribution in [0.3, 0.4) is 0 Å². The summed E-state index contributed by atoms with van der Waals surface area (Å²) < 4.78 is 0. The third-order valence-corrected chi connectivity index (χ3v) is 1.75. The van der Waals surface area contributed by atoms with Gasteiger partial charge in [0, 0.05) is 6.07 Å². The minimum Gasteiger partial charge on any atom is -0.504 e. The van der Waals surface area contributed by atoms with Crippen LogP contribution in [0.1, 0.15) is 0 Å². The van der Waals surface area contributed by atoms with Gasteiger partial charge in [-0.15, -0.1) is 0 Å². The summed E-state index contributed by atoms with van der Waals surface area (Å²) in [5.74, 6) is -0.597. The van der Waals surface area contributed by atoms with Crippen molar-refractivity contribution in [3.63, 3.8) is 0 Å². The molecule has 0 aliphatic rings. The first-order valence-electron chi connectivity index (χ1n) is 3.58. The van der Waals surface area contributed by atoms with Crippen molar-refractivity contribution in [3.05, 3.63) is 28.8 Å². The SMILES string of the molecule is O=c1nc[nH]c2cc(O)c(O)cc12. The molecule has 1 heterocycles. The number of aromatic hydroxyl groups is 2. The molecule has 0 unspecified atom stereocenters. The van der Waals surface area contributed by atoms with E-state index in [9.17, 15) is 4.79 Å². The highest BCUT2D eigenvalue weighted by molar-refractivity contribution is 5.81. The van der Waals surface area contributed by atoms with Crippen LogP contribution in [0, 0.1) is 0 Å². The maximum atomic E-state index is 11.1. The standard InChI is InChI=1S/C8H6N2O3/c11-6-1-4-5(2-7(6)12)9-3-10-8(4)13/h1-3,11-12H,(H,9,10,13). The van der Waals surface area contributed by atoms with Gasteiger partial charge in [0.15, 0.2) is 11.5 Å². The summed E-state index contributed by atoms with van der Waals surface area (Å²) in [6, 6.07) is 2.45. The van der Waals surface area contributed by atoms with Crippen molar-refractivity contribution < 1.29 is 10.2 Å². The lowest BCUT2D eigenvalue weighted by atomic mass is 10.2. The molecule has 0 aliphatic heterocycles. The quantitative estimate of drug-likeness (QED) is 0.507. The van der Waals surface area contributed by atoms with Crippen molar-refractivity contribution in [2.75, 3.05) is 0 Å². The van der Waals surface area contributed by atoms with Gasteiger partial charge >= 0.3 is 0 Å². The molecule has 0 amide bonds. The number of hydrogen-bond donors (Lipinski definition) is 3. The molecule has 0 saturated carbocycles. The zero-order chi connectivity index (χ0) is 9.42. The number of nitrogens with one attached hydrogen (secondary N) is 1. The van der Waals surface area contributed by atoms with E-state index in [0.717, 1.165) is 0 Å². The molecule has 0 saturated heterocycles. The van der Waals surface area contributed by atoms with Crippen molar-refractivity contribution in [1.29, 1.82) is 0 Å². The Morgan fingerprint density at radius 1 is 1.23 bits per heavy atom. The lowest BCUT2D eigenvalue weighted by Gasteiger charge is -1.99. The normalized spacial score (nSPS) is 10.5. The molecular formula is C8H6N2O3. The Morgan fingerprint density at radius 2 is 1.92 bits per heavy atom. The molecule has 0 atom stereocenters. The third-order valence-electron chi connectivity index (χ3n) is 1.75. The molecule has 1 aromatic heterocycles.